The highest BCUT2D eigenvalue weighted by molar-refractivity contribution is 6.83. The van der Waals surface area contributed by atoms with Crippen molar-refractivity contribution in [3.8, 4) is 80.1 Å². The number of nitrogens with one attached hydrogen (secondary N) is 6. The van der Waals surface area contributed by atoms with Gasteiger partial charge in [-0.05, 0) is 144 Å². The Balaban J connectivity index is 1.23. The van der Waals surface area contributed by atoms with Gasteiger partial charge < -0.3 is 109 Å². The summed E-state index contributed by atoms with van der Waals surface area (Å²) < 4.78 is 78.4. The molecule has 7 aromatic carbocycles. The summed E-state index contributed by atoms with van der Waals surface area (Å²) in [6.07, 6.45) is -2.72. The highest BCUT2D eigenvalue weighted by Crippen LogP contribution is 2.53. The molecule has 32 heteroatoms. The number of carbonyl (C=O) groups excluding carboxylic acids is 6. The van der Waals surface area contributed by atoms with E-state index in [2.05, 4.69) is 31.9 Å². The molecule has 12 rings (SSSR count). The summed E-state index contributed by atoms with van der Waals surface area (Å²) in [5.41, 5.74) is 6.69. The number of halogens is 2. The molecular formula is C78H89Cl2N7O22Si. The van der Waals surface area contributed by atoms with Crippen molar-refractivity contribution in [3.63, 3.8) is 0 Å². The Bertz CT molecular complexity index is 4690. The smallest absolute Gasteiger partial charge is 0.408 e. The van der Waals surface area contributed by atoms with Gasteiger partial charge in [-0.25, -0.2) is 9.59 Å². The molecule has 0 radical (unpaired) electrons. The van der Waals surface area contributed by atoms with E-state index in [0.29, 0.717) is 5.56 Å². The van der Waals surface area contributed by atoms with Crippen LogP contribution in [0.3, 0.4) is 0 Å². The van der Waals surface area contributed by atoms with Crippen molar-refractivity contribution >= 4 is 72.9 Å². The van der Waals surface area contributed by atoms with Gasteiger partial charge in [-0.15, -0.1) is 0 Å². The molecule has 5 aliphatic heterocycles. The Hall–Kier alpha value is -10.6. The highest BCUT2D eigenvalue weighted by Gasteiger charge is 2.61. The van der Waals surface area contributed by atoms with Crippen molar-refractivity contribution in [2.24, 2.45) is 5.73 Å². The predicted octanol–water partition coefficient (Wildman–Crippen LogP) is 11.0. The van der Waals surface area contributed by atoms with Crippen LogP contribution in [0.1, 0.15) is 111 Å². The molecule has 0 spiro atoms. The van der Waals surface area contributed by atoms with E-state index in [1.807, 2.05) is 33.9 Å². The lowest BCUT2D eigenvalue weighted by Gasteiger charge is -2.52. The average Bonchev–Trinajstić information content (AvgIpc) is 0.720. The molecule has 110 heavy (non-hydrogen) atoms. The van der Waals surface area contributed by atoms with Gasteiger partial charge in [0, 0.05) is 35.9 Å². The quantitative estimate of drug-likeness (QED) is 0.0206. The first kappa shape index (κ1) is 81.9. The van der Waals surface area contributed by atoms with Gasteiger partial charge in [-0.3, -0.25) is 24.0 Å². The summed E-state index contributed by atoms with van der Waals surface area (Å²) in [5, 5.41) is 38.3. The topological polar surface area (TPSA) is 378 Å². The number of fused-ring (bicyclic) bond motifs is 15. The predicted molar refractivity (Wildman–Crippen MR) is 405 cm³/mol. The number of carboxylic acids is 1. The van der Waals surface area contributed by atoms with E-state index in [1.165, 1.54) is 141 Å². The molecule has 6 amide bonds. The largest absolute Gasteiger partial charge is 0.497 e. The number of alkyl carbamates (subject to hydrolysis) is 1. The lowest BCUT2D eigenvalue weighted by atomic mass is 9.91. The second-order valence-electron chi connectivity index (χ2n) is 28.6. The van der Waals surface area contributed by atoms with Gasteiger partial charge in [-0.2, -0.15) is 0 Å². The third-order valence-electron chi connectivity index (χ3n) is 19.4. The van der Waals surface area contributed by atoms with Crippen molar-refractivity contribution in [2.75, 3.05) is 69.8 Å². The van der Waals surface area contributed by atoms with Crippen LogP contribution in [0.4, 0.5) is 4.79 Å². The standard InChI is InChI=1S/C78H89Cl2N7O22Si/c1-76(2,3)109-75(95)85-65(74(93)94)41-18-22-56(101-11)57(31-41)106-47-29-42(28-45(35-47)98-8)63-69(89)84-64-43-32-59(107-54-20-16-39(26-50(54)79)27-52(81)68(88)82-63)66(103-13)60(33-43)108-55-23-19-44(34-51(55)80)78(96,110(14,15)77(4,5)6)67-72(92)87-73(105-38-104-25-24-97-7)49-36-46(99-9)37-58(102-12)61(49)48-30-40(17-21-53(48)100-10)62(71(91)86-67)83-70(64)90/h16-23,26,28-37,52,62-65,67,73,96H,24-25,27,38,81H2,1-15H3,(H,82,88)(H,83,90)(H,84,89)(H,85,95)(H,86,91)(H,87,92)(H,93,94)/t52-,62-,63?,64-,65+,67-,73?,78+/m1/s1. The van der Waals surface area contributed by atoms with Crippen LogP contribution in [0.25, 0.3) is 11.1 Å². The molecule has 0 fully saturated rings. The van der Waals surface area contributed by atoms with Crippen molar-refractivity contribution in [3.05, 3.63) is 164 Å². The summed E-state index contributed by atoms with van der Waals surface area (Å²) in [6.45, 7) is 14.0. The number of hydrogen-bond donors (Lipinski definition) is 9. The first-order valence-corrected chi connectivity index (χ1v) is 38.4. The molecule has 7 aromatic rings. The van der Waals surface area contributed by atoms with E-state index in [0.717, 1.165) is 0 Å². The van der Waals surface area contributed by atoms with Gasteiger partial charge in [0.1, 0.15) is 82.0 Å². The summed E-state index contributed by atoms with van der Waals surface area (Å²) >= 11 is 14.5. The fourth-order valence-electron chi connectivity index (χ4n) is 12.9. The molecule has 5 aliphatic rings. The number of hydrogen-bond acceptors (Lipinski definition) is 22. The molecule has 11 bridgehead atoms. The second kappa shape index (κ2) is 33.7. The molecule has 0 saturated carbocycles. The van der Waals surface area contributed by atoms with E-state index < -0.39 is 115 Å². The van der Waals surface area contributed by atoms with E-state index >= 15 is 19.2 Å². The first-order valence-electron chi connectivity index (χ1n) is 34.6. The number of nitrogens with two attached hydrogens (primary N) is 1. The van der Waals surface area contributed by atoms with Crippen LogP contribution >= 0.6 is 23.2 Å². The second-order valence-corrected chi connectivity index (χ2v) is 34.9. The monoisotopic (exact) mass is 1570 g/mol. The summed E-state index contributed by atoms with van der Waals surface area (Å²) in [4.78, 5) is 106. The molecule has 10 N–H and O–H groups in total. The Kier molecular flexibility index (Phi) is 25.1. The highest BCUT2D eigenvalue weighted by atomic mass is 35.5. The Morgan fingerprint density at radius 3 is 1.76 bits per heavy atom. The van der Waals surface area contributed by atoms with Crippen molar-refractivity contribution in [2.45, 2.75) is 119 Å². The van der Waals surface area contributed by atoms with Gasteiger partial charge in [0.15, 0.2) is 35.3 Å². The zero-order chi connectivity index (χ0) is 80.1. The average molecular weight is 1580 g/mol. The molecule has 2 unspecified atom stereocenters. The number of benzene rings is 7. The maximum atomic E-state index is 16.6. The van der Waals surface area contributed by atoms with Gasteiger partial charge in [0.05, 0.1) is 80.0 Å². The lowest BCUT2D eigenvalue weighted by Crippen LogP contribution is -2.71. The van der Waals surface area contributed by atoms with Crippen LogP contribution in [0.5, 0.6) is 69.0 Å². The first-order chi connectivity index (χ1) is 52.1. The number of aliphatic carboxylic acids is 1. The van der Waals surface area contributed by atoms with Crippen molar-refractivity contribution in [1.29, 1.82) is 0 Å². The lowest BCUT2D eigenvalue weighted by molar-refractivity contribution is -0.144. The molecule has 29 nitrogen and oxygen atoms in total. The molecule has 8 atom stereocenters. The van der Waals surface area contributed by atoms with Crippen LogP contribution in [0.2, 0.25) is 28.2 Å². The molecule has 0 saturated heterocycles. The number of methoxy groups -OCH3 is 7. The van der Waals surface area contributed by atoms with Gasteiger partial charge in [0.2, 0.25) is 35.3 Å². The Morgan fingerprint density at radius 1 is 0.600 bits per heavy atom. The number of amides is 6. The van der Waals surface area contributed by atoms with Crippen LogP contribution in [-0.4, -0.2) is 147 Å². The normalized spacial score (nSPS) is 19.8. The van der Waals surface area contributed by atoms with Crippen LogP contribution in [-0.2, 0) is 59.4 Å². The van der Waals surface area contributed by atoms with E-state index in [-0.39, 0.29) is 143 Å². The third-order valence-corrected chi connectivity index (χ3v) is 26.3. The zero-order valence-corrected chi connectivity index (χ0v) is 65.7. The van der Waals surface area contributed by atoms with Gasteiger partial charge in [0.25, 0.3) is 0 Å². The van der Waals surface area contributed by atoms with Gasteiger partial charge >= 0.3 is 12.1 Å². The minimum absolute atomic E-state index is 0.0104. The molecule has 0 aromatic heterocycles. The van der Waals surface area contributed by atoms with Crippen LogP contribution in [0, 0.1) is 0 Å². The molecule has 5 heterocycles. The van der Waals surface area contributed by atoms with Crippen molar-refractivity contribution in [1.82, 2.24) is 31.9 Å². The van der Waals surface area contributed by atoms with Crippen molar-refractivity contribution < 1.29 is 105 Å². The number of carbonyl (C=O) groups is 7. The fourth-order valence-corrected chi connectivity index (χ4v) is 16.3. The number of carboxylic acid groups (broad SMARTS) is 1. The molecule has 586 valence electrons. The third kappa shape index (κ3) is 17.5. The maximum Gasteiger partial charge on any atom is 0.408 e. The van der Waals surface area contributed by atoms with Crippen LogP contribution < -0.4 is 80.3 Å². The Morgan fingerprint density at radius 2 is 1.18 bits per heavy atom. The summed E-state index contributed by atoms with van der Waals surface area (Å²) in [6, 6.07) is 16.7. The molecular weight excluding hydrogens is 1490 g/mol. The SMILES string of the molecule is COCCOCOC1NC(=O)[C@H]2NC(=O)[C@H](NC(=O)[C@@H]3NC(=O)C(c4cc(OC)cc(Oc5cc([C@H](NC(=O)OC(C)(C)C)C(=O)O)ccc5OC)c4)NC(=O)[C@H](N)Cc4ccc(c(Cl)c4)Oc4cc3cc(c4OC)Oc3ccc(cc3Cl)[C@]2(O)[Si](C)(C)C(C)(C)C)c2ccc(OC)c(c2)-c2c(OC)cc(OC)cc21. The van der Waals surface area contributed by atoms with E-state index in [1.54, 1.807) is 45.0 Å². The number of aliphatic hydroxyl groups is 1. The number of rotatable bonds is 19. The van der Waals surface area contributed by atoms with Crippen LogP contribution in [0.15, 0.2) is 115 Å². The van der Waals surface area contributed by atoms with E-state index in [9.17, 15) is 24.6 Å². The Labute approximate surface area is 646 Å². The minimum Gasteiger partial charge on any atom is -0.497 e. The zero-order valence-electron chi connectivity index (χ0n) is 63.2. The molecule has 0 aliphatic carbocycles. The summed E-state index contributed by atoms with van der Waals surface area (Å²) in [5.74, 6) is -6.81. The van der Waals surface area contributed by atoms with E-state index in [4.69, 9.17) is 90.5 Å². The summed E-state index contributed by atoms with van der Waals surface area (Å²) in [7, 11) is 6.01. The minimum atomic E-state index is -3.68. The number of ether oxygens (including phenoxy) is 13. The maximum absolute atomic E-state index is 16.6. The van der Waals surface area contributed by atoms with Gasteiger partial charge in [-0.1, -0.05) is 81.3 Å². The fraction of sp³-hybridized carbons (Fsp3) is 0.372.